The Hall–Kier alpha value is -4.37. The molecule has 2 aliphatic rings. The lowest BCUT2D eigenvalue weighted by molar-refractivity contribution is 0.195. The van der Waals surface area contributed by atoms with Gasteiger partial charge in [-0.25, -0.2) is 14.5 Å². The van der Waals surface area contributed by atoms with Gasteiger partial charge in [-0.2, -0.15) is 15.5 Å². The molecule has 2 aliphatic heterocycles. The molecule has 220 valence electrons. The van der Waals surface area contributed by atoms with E-state index in [1.807, 2.05) is 43.0 Å². The van der Waals surface area contributed by atoms with Crippen molar-refractivity contribution in [1.82, 2.24) is 44.6 Å². The topological polar surface area (TPSA) is 116 Å². The van der Waals surface area contributed by atoms with Crippen molar-refractivity contribution in [1.29, 1.82) is 5.26 Å². The number of nitrogens with zero attached hydrogens (tertiary/aromatic N) is 10. The van der Waals surface area contributed by atoms with Crippen LogP contribution in [0.4, 0.5) is 5.82 Å². The number of pyridine rings is 2. The highest BCUT2D eigenvalue weighted by molar-refractivity contribution is 5.85. The van der Waals surface area contributed by atoms with Crippen LogP contribution in [0.1, 0.15) is 43.1 Å². The van der Waals surface area contributed by atoms with Crippen LogP contribution in [0, 0.1) is 11.3 Å². The first-order chi connectivity index (χ1) is 20.7. The van der Waals surface area contributed by atoms with Crippen molar-refractivity contribution in [2.24, 2.45) is 0 Å². The zero-order valence-electron chi connectivity index (χ0n) is 24.0. The first kappa shape index (κ1) is 28.7. The summed E-state index contributed by atoms with van der Waals surface area (Å²) in [6.07, 6.45) is 13.2. The van der Waals surface area contributed by atoms with Crippen LogP contribution in [-0.4, -0.2) is 78.5 Å². The van der Waals surface area contributed by atoms with Gasteiger partial charge in [0.1, 0.15) is 23.0 Å². The van der Waals surface area contributed by atoms with Gasteiger partial charge in [0, 0.05) is 61.9 Å². The highest BCUT2D eigenvalue weighted by atomic mass is 35.5. The Bertz CT molecular complexity index is 1710. The summed E-state index contributed by atoms with van der Waals surface area (Å²) in [6, 6.07) is 13.1. The maximum Gasteiger partial charge on any atom is 0.128 e. The Balaban J connectivity index is 0.00000329. The number of piperidine rings is 1. The summed E-state index contributed by atoms with van der Waals surface area (Å²) in [6.45, 7) is 7.89. The Kier molecular flexibility index (Phi) is 8.33. The Morgan fingerprint density at radius 3 is 2.49 bits per heavy atom. The summed E-state index contributed by atoms with van der Waals surface area (Å²) in [4.78, 5) is 19.2. The van der Waals surface area contributed by atoms with Crippen LogP contribution in [-0.2, 0) is 0 Å². The zero-order valence-corrected chi connectivity index (χ0v) is 24.9. The second kappa shape index (κ2) is 12.5. The number of hydrogen-bond acceptors (Lipinski definition) is 9. The second-order valence-corrected chi connectivity index (χ2v) is 11.0. The lowest BCUT2D eigenvalue weighted by Crippen LogP contribution is -2.47. The third-order valence-electron chi connectivity index (χ3n) is 8.52. The number of nitriles is 1. The molecular formula is C31H34ClN11. The first-order valence-electron chi connectivity index (χ1n) is 14.6. The number of nitrogens with one attached hydrogen (secondary N) is 1. The summed E-state index contributed by atoms with van der Waals surface area (Å²) in [5.74, 6) is 0.938. The molecule has 0 saturated carbocycles. The predicted molar refractivity (Wildman–Crippen MR) is 167 cm³/mol. The van der Waals surface area contributed by atoms with Crippen LogP contribution in [0.5, 0.6) is 0 Å². The number of anilines is 1. The molecule has 2 fully saturated rings. The second-order valence-electron chi connectivity index (χ2n) is 11.0. The monoisotopic (exact) mass is 595 g/mol. The van der Waals surface area contributed by atoms with E-state index in [-0.39, 0.29) is 18.4 Å². The van der Waals surface area contributed by atoms with Crippen molar-refractivity contribution < 1.29 is 0 Å². The molecule has 11 nitrogen and oxygen atoms in total. The molecule has 0 unspecified atom stereocenters. The molecule has 0 amide bonds. The molecule has 1 atom stereocenters. The van der Waals surface area contributed by atoms with Crippen molar-refractivity contribution in [2.45, 2.75) is 31.8 Å². The van der Waals surface area contributed by atoms with E-state index in [4.69, 9.17) is 9.97 Å². The van der Waals surface area contributed by atoms with Gasteiger partial charge in [-0.3, -0.25) is 14.6 Å². The molecule has 12 heteroatoms. The Morgan fingerprint density at radius 2 is 1.77 bits per heavy atom. The quantitative estimate of drug-likeness (QED) is 0.309. The maximum atomic E-state index is 9.80. The van der Waals surface area contributed by atoms with E-state index in [1.165, 1.54) is 0 Å². The molecule has 0 radical (unpaired) electrons. The smallest absolute Gasteiger partial charge is 0.128 e. The van der Waals surface area contributed by atoms with Crippen molar-refractivity contribution in [2.75, 3.05) is 44.2 Å². The molecule has 1 N–H and O–H groups in total. The third kappa shape index (κ3) is 5.69. The average molecular weight is 596 g/mol. The fraction of sp³-hybridized carbons (Fsp3) is 0.355. The molecule has 5 aromatic heterocycles. The van der Waals surface area contributed by atoms with Crippen molar-refractivity contribution >= 4 is 23.7 Å². The highest BCUT2D eigenvalue weighted by Crippen LogP contribution is 2.30. The SMILES string of the molecule is C[C@H](c1ccccn1)N1CCN(c2ccc(-c3nc(-c4cnn(C5CCNCC5)c4)cn4ncc(C#N)c34)cn2)CC1.Cl. The van der Waals surface area contributed by atoms with E-state index in [1.54, 1.807) is 10.7 Å². The molecule has 0 aliphatic carbocycles. The molecule has 7 heterocycles. The van der Waals surface area contributed by atoms with Gasteiger partial charge in [-0.05, 0) is 57.1 Å². The molecule has 0 aromatic carbocycles. The summed E-state index contributed by atoms with van der Waals surface area (Å²) < 4.78 is 3.80. The van der Waals surface area contributed by atoms with Crippen LogP contribution in [0.3, 0.4) is 0 Å². The van der Waals surface area contributed by atoms with Gasteiger partial charge in [0.15, 0.2) is 0 Å². The molecule has 0 spiro atoms. The average Bonchev–Trinajstić information content (AvgIpc) is 3.73. The summed E-state index contributed by atoms with van der Waals surface area (Å²) in [7, 11) is 0. The number of rotatable bonds is 6. The van der Waals surface area contributed by atoms with E-state index in [2.05, 4.69) is 66.3 Å². The largest absolute Gasteiger partial charge is 0.354 e. The first-order valence-corrected chi connectivity index (χ1v) is 14.6. The van der Waals surface area contributed by atoms with Crippen LogP contribution in [0.2, 0.25) is 0 Å². The van der Waals surface area contributed by atoms with Gasteiger partial charge >= 0.3 is 0 Å². The molecule has 0 bridgehead atoms. The van der Waals surface area contributed by atoms with Crippen LogP contribution in [0.15, 0.2) is 67.5 Å². The van der Waals surface area contributed by atoms with E-state index in [0.717, 1.165) is 80.4 Å². The van der Waals surface area contributed by atoms with Crippen molar-refractivity contribution in [3.8, 4) is 28.6 Å². The number of piperazine rings is 1. The molecule has 2 saturated heterocycles. The zero-order chi connectivity index (χ0) is 28.5. The highest BCUT2D eigenvalue weighted by Gasteiger charge is 2.24. The van der Waals surface area contributed by atoms with E-state index in [9.17, 15) is 5.26 Å². The Labute approximate surface area is 256 Å². The standard InChI is InChI=1S/C31H33N11.ClH/c1-22(27-4-2-3-9-34-27)39-12-14-40(15-13-39)29-6-5-23(17-35-29)30-31-24(16-32)18-37-42(31)21-28(38-30)25-19-36-41(20-25)26-7-10-33-11-8-26;/h2-6,9,17-22,26,33H,7-8,10-15H2,1H3;1H/t22-;/m1./s1. The summed E-state index contributed by atoms with van der Waals surface area (Å²) in [5, 5.41) is 22.3. The van der Waals surface area contributed by atoms with Crippen LogP contribution >= 0.6 is 12.4 Å². The number of aromatic nitrogens is 7. The Morgan fingerprint density at radius 1 is 0.930 bits per heavy atom. The molecule has 5 aromatic rings. The minimum atomic E-state index is 0. The predicted octanol–water partition coefficient (Wildman–Crippen LogP) is 4.15. The van der Waals surface area contributed by atoms with Crippen molar-refractivity contribution in [3.63, 3.8) is 0 Å². The van der Waals surface area contributed by atoms with E-state index >= 15 is 0 Å². The fourth-order valence-corrected chi connectivity index (χ4v) is 6.04. The van der Waals surface area contributed by atoms with Crippen LogP contribution < -0.4 is 10.2 Å². The fourth-order valence-electron chi connectivity index (χ4n) is 6.04. The van der Waals surface area contributed by atoms with Gasteiger partial charge < -0.3 is 10.2 Å². The minimum absolute atomic E-state index is 0. The maximum absolute atomic E-state index is 9.80. The number of hydrogen-bond donors (Lipinski definition) is 1. The summed E-state index contributed by atoms with van der Waals surface area (Å²) >= 11 is 0. The van der Waals surface area contributed by atoms with E-state index < -0.39 is 0 Å². The van der Waals surface area contributed by atoms with Crippen molar-refractivity contribution in [3.05, 3.63) is 78.8 Å². The van der Waals surface area contributed by atoms with Gasteiger partial charge in [0.25, 0.3) is 0 Å². The summed E-state index contributed by atoms with van der Waals surface area (Å²) in [5.41, 5.74) is 5.47. The lowest BCUT2D eigenvalue weighted by Gasteiger charge is -2.38. The van der Waals surface area contributed by atoms with Gasteiger partial charge in [0.2, 0.25) is 0 Å². The number of halogens is 1. The van der Waals surface area contributed by atoms with Gasteiger partial charge in [0.05, 0.1) is 41.7 Å². The molecule has 7 rings (SSSR count). The minimum Gasteiger partial charge on any atom is -0.354 e. The normalized spacial score (nSPS) is 17.0. The lowest BCUT2D eigenvalue weighted by atomic mass is 10.1. The van der Waals surface area contributed by atoms with Gasteiger partial charge in [-0.1, -0.05) is 6.07 Å². The van der Waals surface area contributed by atoms with Gasteiger partial charge in [-0.15, -0.1) is 12.4 Å². The van der Waals surface area contributed by atoms with Crippen LogP contribution in [0.25, 0.3) is 28.0 Å². The third-order valence-corrected chi connectivity index (χ3v) is 8.52. The van der Waals surface area contributed by atoms with E-state index in [0.29, 0.717) is 22.8 Å². The molecule has 43 heavy (non-hydrogen) atoms. The molecular weight excluding hydrogens is 562 g/mol. The number of fused-ring (bicyclic) bond motifs is 1.